The third-order valence-corrected chi connectivity index (χ3v) is 2.74. The highest BCUT2D eigenvalue weighted by Crippen LogP contribution is 2.23. The molecule has 0 saturated heterocycles. The molecule has 0 saturated carbocycles. The Kier molecular flexibility index (Phi) is 5.17. The first kappa shape index (κ1) is 14.5. The number of benzene rings is 1. The van der Waals surface area contributed by atoms with Crippen molar-refractivity contribution in [3.05, 3.63) is 30.0 Å². The quantitative estimate of drug-likeness (QED) is 0.831. The predicted molar refractivity (Wildman–Crippen MR) is 78.3 cm³/mol. The van der Waals surface area contributed by atoms with Crippen LogP contribution in [0.25, 0.3) is 10.9 Å². The summed E-state index contributed by atoms with van der Waals surface area (Å²) in [6, 6.07) is 5.93. The Labute approximate surface area is 110 Å². The average molecular weight is 266 g/mol. The summed E-state index contributed by atoms with van der Waals surface area (Å²) < 4.78 is 5.21. The molecule has 0 spiro atoms. The number of amides is 1. The highest BCUT2D eigenvalue weighted by atomic mass is 31.0. The lowest BCUT2D eigenvalue weighted by Crippen LogP contribution is -2.22. The van der Waals surface area contributed by atoms with Crippen molar-refractivity contribution in [2.24, 2.45) is 0 Å². The van der Waals surface area contributed by atoms with E-state index >= 15 is 0 Å². The van der Waals surface area contributed by atoms with Gasteiger partial charge >= 0.3 is 0 Å². The maximum absolute atomic E-state index is 10.8. The summed E-state index contributed by atoms with van der Waals surface area (Å²) in [6.45, 7) is 2.18. The third-order valence-electron chi connectivity index (χ3n) is 2.74. The minimum absolute atomic E-state index is 0. The molecule has 2 rings (SSSR count). The normalized spacial score (nSPS) is 9.89. The van der Waals surface area contributed by atoms with Gasteiger partial charge in [-0.25, -0.2) is 0 Å². The average Bonchev–Trinajstić information content (AvgIpc) is 2.71. The SMILES string of the molecule is COc1ccc2[nH]cc(CCNC(C)=O)c2c1.P. The number of H-pyrrole nitrogens is 1. The molecule has 1 heterocycles. The zero-order valence-corrected chi connectivity index (χ0v) is 12.2. The van der Waals surface area contributed by atoms with Gasteiger partial charge in [0.2, 0.25) is 5.91 Å². The molecule has 1 amide bonds. The minimum Gasteiger partial charge on any atom is -0.497 e. The van der Waals surface area contributed by atoms with Crippen LogP contribution in [0.4, 0.5) is 0 Å². The summed E-state index contributed by atoms with van der Waals surface area (Å²) in [4.78, 5) is 14.0. The summed E-state index contributed by atoms with van der Waals surface area (Å²) in [6.07, 6.45) is 2.79. The molecule has 1 aromatic carbocycles. The van der Waals surface area contributed by atoms with Crippen LogP contribution in [0.1, 0.15) is 12.5 Å². The molecular weight excluding hydrogens is 247 g/mol. The van der Waals surface area contributed by atoms with Crippen LogP contribution in [0.15, 0.2) is 24.4 Å². The molecule has 5 heteroatoms. The van der Waals surface area contributed by atoms with Crippen molar-refractivity contribution in [1.29, 1.82) is 0 Å². The number of nitrogens with one attached hydrogen (secondary N) is 2. The van der Waals surface area contributed by atoms with Crippen LogP contribution in [0.5, 0.6) is 5.75 Å². The Morgan fingerprint density at radius 1 is 1.44 bits per heavy atom. The maximum atomic E-state index is 10.8. The first-order chi connectivity index (χ1) is 8.20. The molecule has 0 aliphatic rings. The Morgan fingerprint density at radius 3 is 2.89 bits per heavy atom. The number of aromatic nitrogens is 1. The fraction of sp³-hybridized carbons (Fsp3) is 0.308. The van der Waals surface area contributed by atoms with Crippen LogP contribution >= 0.6 is 9.90 Å². The van der Waals surface area contributed by atoms with E-state index in [1.807, 2.05) is 24.4 Å². The predicted octanol–water partition coefficient (Wildman–Crippen LogP) is 1.91. The molecular formula is C13H19N2O2P. The van der Waals surface area contributed by atoms with E-state index < -0.39 is 0 Å². The zero-order chi connectivity index (χ0) is 12.3. The number of hydrogen-bond acceptors (Lipinski definition) is 2. The number of fused-ring (bicyclic) bond motifs is 1. The number of rotatable bonds is 4. The van der Waals surface area contributed by atoms with E-state index in [4.69, 9.17) is 4.74 Å². The molecule has 98 valence electrons. The highest BCUT2D eigenvalue weighted by molar-refractivity contribution is 6.92. The van der Waals surface area contributed by atoms with E-state index in [1.54, 1.807) is 7.11 Å². The van der Waals surface area contributed by atoms with Crippen LogP contribution < -0.4 is 10.1 Å². The second-order valence-electron chi connectivity index (χ2n) is 3.96. The monoisotopic (exact) mass is 266 g/mol. The van der Waals surface area contributed by atoms with Crippen molar-refractivity contribution >= 4 is 26.7 Å². The lowest BCUT2D eigenvalue weighted by Gasteiger charge is -2.03. The van der Waals surface area contributed by atoms with Crippen LogP contribution in [0.2, 0.25) is 0 Å². The van der Waals surface area contributed by atoms with Gasteiger partial charge in [-0.05, 0) is 30.2 Å². The van der Waals surface area contributed by atoms with E-state index in [0.29, 0.717) is 6.54 Å². The number of methoxy groups -OCH3 is 1. The Balaban J connectivity index is 0.00000162. The third kappa shape index (κ3) is 3.23. The standard InChI is InChI=1S/C13H16N2O2.H3P/c1-9(16)14-6-5-10-8-15-13-4-3-11(17-2)7-12(10)13;/h3-4,7-8,15H,5-6H2,1-2H3,(H,14,16);1H3. The van der Waals surface area contributed by atoms with Gasteiger partial charge in [-0.1, -0.05) is 0 Å². The minimum atomic E-state index is 0. The van der Waals surface area contributed by atoms with Gasteiger partial charge in [0, 0.05) is 30.6 Å². The number of carbonyl (C=O) groups is 1. The van der Waals surface area contributed by atoms with Crippen molar-refractivity contribution in [2.45, 2.75) is 13.3 Å². The summed E-state index contributed by atoms with van der Waals surface area (Å²) >= 11 is 0. The van der Waals surface area contributed by atoms with Gasteiger partial charge in [0.25, 0.3) is 0 Å². The van der Waals surface area contributed by atoms with Gasteiger partial charge < -0.3 is 15.0 Å². The summed E-state index contributed by atoms with van der Waals surface area (Å²) in [5.74, 6) is 0.847. The summed E-state index contributed by atoms with van der Waals surface area (Å²) in [5.41, 5.74) is 2.27. The van der Waals surface area contributed by atoms with E-state index in [0.717, 1.165) is 23.1 Å². The lowest BCUT2D eigenvalue weighted by molar-refractivity contribution is -0.118. The van der Waals surface area contributed by atoms with Gasteiger partial charge in [0.1, 0.15) is 5.75 Å². The largest absolute Gasteiger partial charge is 0.497 e. The Hall–Kier alpha value is -1.54. The van der Waals surface area contributed by atoms with Crippen molar-refractivity contribution in [2.75, 3.05) is 13.7 Å². The number of hydrogen-bond donors (Lipinski definition) is 2. The molecule has 1 unspecified atom stereocenters. The molecule has 1 aromatic heterocycles. The van der Waals surface area contributed by atoms with Crippen LogP contribution in [0, 0.1) is 0 Å². The second-order valence-corrected chi connectivity index (χ2v) is 3.96. The first-order valence-corrected chi connectivity index (χ1v) is 5.59. The lowest BCUT2D eigenvalue weighted by atomic mass is 10.1. The molecule has 0 bridgehead atoms. The van der Waals surface area contributed by atoms with E-state index in [9.17, 15) is 4.79 Å². The summed E-state index contributed by atoms with van der Waals surface area (Å²) in [5, 5.41) is 3.94. The van der Waals surface area contributed by atoms with Crippen molar-refractivity contribution in [1.82, 2.24) is 10.3 Å². The van der Waals surface area contributed by atoms with Gasteiger partial charge in [-0.3, -0.25) is 4.79 Å². The Morgan fingerprint density at radius 2 is 2.22 bits per heavy atom. The van der Waals surface area contributed by atoms with Crippen molar-refractivity contribution in [3.8, 4) is 5.75 Å². The van der Waals surface area contributed by atoms with Gasteiger partial charge in [0.15, 0.2) is 0 Å². The first-order valence-electron chi connectivity index (χ1n) is 5.59. The van der Waals surface area contributed by atoms with Crippen molar-refractivity contribution < 1.29 is 9.53 Å². The molecule has 1 atom stereocenters. The highest BCUT2D eigenvalue weighted by Gasteiger charge is 2.05. The van der Waals surface area contributed by atoms with Crippen LogP contribution in [0.3, 0.4) is 0 Å². The second kappa shape index (κ2) is 6.41. The molecule has 0 aliphatic carbocycles. The molecule has 18 heavy (non-hydrogen) atoms. The molecule has 2 N–H and O–H groups in total. The Bertz CT molecular complexity index is 537. The van der Waals surface area contributed by atoms with E-state index in [2.05, 4.69) is 10.3 Å². The van der Waals surface area contributed by atoms with Crippen LogP contribution in [-0.4, -0.2) is 24.5 Å². The smallest absolute Gasteiger partial charge is 0.216 e. The fourth-order valence-corrected chi connectivity index (χ4v) is 1.86. The molecule has 0 aliphatic heterocycles. The molecule has 4 nitrogen and oxygen atoms in total. The molecule has 0 fully saturated rings. The maximum Gasteiger partial charge on any atom is 0.216 e. The van der Waals surface area contributed by atoms with Gasteiger partial charge in [-0.15, -0.1) is 0 Å². The van der Waals surface area contributed by atoms with Crippen LogP contribution in [-0.2, 0) is 11.2 Å². The van der Waals surface area contributed by atoms with Gasteiger partial charge in [0.05, 0.1) is 7.11 Å². The number of ether oxygens (including phenoxy) is 1. The van der Waals surface area contributed by atoms with Gasteiger partial charge in [-0.2, -0.15) is 9.90 Å². The topological polar surface area (TPSA) is 54.1 Å². The number of aromatic amines is 1. The summed E-state index contributed by atoms with van der Waals surface area (Å²) in [7, 11) is 1.66. The fourth-order valence-electron chi connectivity index (χ4n) is 1.86. The van der Waals surface area contributed by atoms with E-state index in [1.165, 1.54) is 12.5 Å². The molecule has 2 aromatic rings. The molecule has 0 radical (unpaired) electrons. The zero-order valence-electron chi connectivity index (χ0n) is 10.7. The number of carbonyl (C=O) groups excluding carboxylic acids is 1. The van der Waals surface area contributed by atoms with Crippen molar-refractivity contribution in [3.63, 3.8) is 0 Å². The van der Waals surface area contributed by atoms with E-state index in [-0.39, 0.29) is 15.8 Å².